The third-order valence-electron chi connectivity index (χ3n) is 5.03. The van der Waals surface area contributed by atoms with E-state index >= 15 is 0 Å². The highest BCUT2D eigenvalue weighted by Gasteiger charge is 2.24. The minimum atomic E-state index is -0.263. The minimum absolute atomic E-state index is 0.144. The lowest BCUT2D eigenvalue weighted by molar-refractivity contribution is 0.0733. The van der Waals surface area contributed by atoms with Gasteiger partial charge in [-0.25, -0.2) is 4.79 Å². The van der Waals surface area contributed by atoms with Crippen molar-refractivity contribution in [3.63, 3.8) is 0 Å². The van der Waals surface area contributed by atoms with Crippen molar-refractivity contribution in [2.45, 2.75) is 27.3 Å². The van der Waals surface area contributed by atoms with Crippen molar-refractivity contribution >= 4 is 23.2 Å². The van der Waals surface area contributed by atoms with Crippen LogP contribution < -0.4 is 0 Å². The highest BCUT2D eigenvalue weighted by molar-refractivity contribution is 7.09. The Morgan fingerprint density at radius 1 is 1.19 bits per heavy atom. The second kappa shape index (κ2) is 8.71. The first kappa shape index (κ1) is 19.6. The summed E-state index contributed by atoms with van der Waals surface area (Å²) in [5.74, 6) is 0.144. The molecule has 0 N–H and O–H groups in total. The molecule has 0 radical (unpaired) electrons. The topological polar surface area (TPSA) is 54.8 Å². The molecule has 7 heteroatoms. The molecule has 6 nitrogen and oxygen atoms in total. The highest BCUT2D eigenvalue weighted by atomic mass is 32.1. The molecule has 1 fully saturated rings. The Balaban J connectivity index is 1.60. The van der Waals surface area contributed by atoms with Crippen LogP contribution in [0, 0.1) is 13.8 Å². The van der Waals surface area contributed by atoms with Crippen LogP contribution in [-0.4, -0.2) is 65.6 Å². The van der Waals surface area contributed by atoms with E-state index in [2.05, 4.69) is 33.9 Å². The lowest BCUT2D eigenvalue weighted by atomic mass is 10.1. The van der Waals surface area contributed by atoms with Crippen LogP contribution >= 0.6 is 11.3 Å². The first-order valence-electron chi connectivity index (χ1n) is 9.36. The van der Waals surface area contributed by atoms with Gasteiger partial charge in [0.25, 0.3) is 0 Å². The first-order chi connectivity index (χ1) is 13.0. The van der Waals surface area contributed by atoms with Gasteiger partial charge in [0.1, 0.15) is 0 Å². The summed E-state index contributed by atoms with van der Waals surface area (Å²) in [7, 11) is 0. The summed E-state index contributed by atoms with van der Waals surface area (Å²) in [6.07, 6.45) is -0.263. The summed E-state index contributed by atoms with van der Waals surface area (Å²) >= 11 is 1.73. The molecule has 146 valence electrons. The second-order valence-electron chi connectivity index (χ2n) is 6.84. The molecular weight excluding hydrogens is 362 g/mol. The van der Waals surface area contributed by atoms with E-state index in [4.69, 9.17) is 4.74 Å². The van der Waals surface area contributed by atoms with Crippen molar-refractivity contribution in [3.8, 4) is 0 Å². The Hall–Kier alpha value is -2.12. The average Bonchev–Trinajstić information content (AvgIpc) is 3.26. The molecule has 3 heterocycles. The van der Waals surface area contributed by atoms with Gasteiger partial charge in [-0.1, -0.05) is 6.07 Å². The standard InChI is InChI=1S/C20H27N3O3S/c1-4-26-20(25)22-9-7-21(8-10-22)14-19(24)18-12-15(2)23(16(18)3)13-17-6-5-11-27-17/h5-6,11-12H,4,7-10,13-14H2,1-3H3. The Bertz CT molecular complexity index is 790. The summed E-state index contributed by atoms with van der Waals surface area (Å²) in [5, 5.41) is 2.07. The number of ether oxygens (including phenoxy) is 1. The van der Waals surface area contributed by atoms with E-state index in [1.807, 2.05) is 19.9 Å². The summed E-state index contributed by atoms with van der Waals surface area (Å²) in [5.41, 5.74) is 2.93. The third kappa shape index (κ3) is 4.59. The van der Waals surface area contributed by atoms with Gasteiger partial charge in [-0.05, 0) is 38.3 Å². The van der Waals surface area contributed by atoms with Crippen LogP contribution in [-0.2, 0) is 11.3 Å². The summed E-state index contributed by atoms with van der Waals surface area (Å²) < 4.78 is 7.25. The van der Waals surface area contributed by atoms with Crippen molar-refractivity contribution in [1.29, 1.82) is 0 Å². The molecule has 0 saturated carbocycles. The molecule has 0 atom stereocenters. The zero-order valence-electron chi connectivity index (χ0n) is 16.2. The maximum atomic E-state index is 12.9. The molecule has 0 unspecified atom stereocenters. The number of piperazine rings is 1. The van der Waals surface area contributed by atoms with Crippen molar-refractivity contribution in [1.82, 2.24) is 14.4 Å². The van der Waals surface area contributed by atoms with Crippen LogP contribution in [0.2, 0.25) is 0 Å². The molecule has 1 aliphatic rings. The Kier molecular flexibility index (Phi) is 6.34. The number of ketones is 1. The summed E-state index contributed by atoms with van der Waals surface area (Å²) in [6.45, 7) is 10.0. The predicted octanol–water partition coefficient (Wildman–Crippen LogP) is 3.17. The monoisotopic (exact) mass is 389 g/mol. The van der Waals surface area contributed by atoms with Crippen molar-refractivity contribution in [2.24, 2.45) is 0 Å². The van der Waals surface area contributed by atoms with E-state index in [1.165, 1.54) is 4.88 Å². The van der Waals surface area contributed by atoms with E-state index in [0.29, 0.717) is 39.3 Å². The van der Waals surface area contributed by atoms with E-state index in [-0.39, 0.29) is 11.9 Å². The molecule has 0 aromatic carbocycles. The first-order valence-corrected chi connectivity index (χ1v) is 10.2. The van der Waals surface area contributed by atoms with Crippen LogP contribution in [0.25, 0.3) is 0 Å². The molecule has 1 aliphatic heterocycles. The van der Waals surface area contributed by atoms with E-state index in [0.717, 1.165) is 23.5 Å². The summed E-state index contributed by atoms with van der Waals surface area (Å²) in [6, 6.07) is 6.17. The number of carbonyl (C=O) groups is 2. The van der Waals surface area contributed by atoms with E-state index in [1.54, 1.807) is 16.2 Å². The molecule has 27 heavy (non-hydrogen) atoms. The second-order valence-corrected chi connectivity index (χ2v) is 7.87. The fraction of sp³-hybridized carbons (Fsp3) is 0.500. The largest absolute Gasteiger partial charge is 0.450 e. The van der Waals surface area contributed by atoms with E-state index in [9.17, 15) is 9.59 Å². The molecule has 1 amide bonds. The Morgan fingerprint density at radius 2 is 1.93 bits per heavy atom. The minimum Gasteiger partial charge on any atom is -0.450 e. The van der Waals surface area contributed by atoms with Crippen LogP contribution in [0.1, 0.15) is 33.5 Å². The number of amides is 1. The lowest BCUT2D eigenvalue weighted by Crippen LogP contribution is -2.50. The number of hydrogen-bond acceptors (Lipinski definition) is 5. The van der Waals surface area contributed by atoms with Crippen LogP contribution in [0.4, 0.5) is 4.79 Å². The average molecular weight is 390 g/mol. The lowest BCUT2D eigenvalue weighted by Gasteiger charge is -2.33. The van der Waals surface area contributed by atoms with E-state index < -0.39 is 0 Å². The number of thiophene rings is 1. The van der Waals surface area contributed by atoms with Gasteiger partial charge in [0.2, 0.25) is 0 Å². The van der Waals surface area contributed by atoms with Gasteiger partial charge >= 0.3 is 6.09 Å². The van der Waals surface area contributed by atoms with Gasteiger partial charge in [0, 0.05) is 48.0 Å². The molecular formula is C20H27N3O3S. The molecule has 0 spiro atoms. The maximum Gasteiger partial charge on any atom is 0.409 e. The number of nitrogens with zero attached hydrogens (tertiary/aromatic N) is 3. The number of aryl methyl sites for hydroxylation is 1. The number of Topliss-reactive ketones (excluding diaryl/α,β-unsaturated/α-hetero) is 1. The third-order valence-corrected chi connectivity index (χ3v) is 5.89. The number of aromatic nitrogens is 1. The van der Waals surface area contributed by atoms with Gasteiger partial charge in [-0.2, -0.15) is 0 Å². The van der Waals surface area contributed by atoms with Gasteiger partial charge in [0.15, 0.2) is 5.78 Å². The van der Waals surface area contributed by atoms with Gasteiger partial charge < -0.3 is 14.2 Å². The zero-order valence-corrected chi connectivity index (χ0v) is 17.1. The van der Waals surface area contributed by atoms with Gasteiger partial charge in [-0.15, -0.1) is 11.3 Å². The number of carbonyl (C=O) groups excluding carboxylic acids is 2. The fourth-order valence-electron chi connectivity index (χ4n) is 3.48. The van der Waals surface area contributed by atoms with Gasteiger partial charge in [0.05, 0.1) is 19.7 Å². The molecule has 0 aliphatic carbocycles. The SMILES string of the molecule is CCOC(=O)N1CCN(CC(=O)c2cc(C)n(Cc3cccs3)c2C)CC1. The highest BCUT2D eigenvalue weighted by Crippen LogP contribution is 2.20. The Morgan fingerprint density at radius 3 is 2.56 bits per heavy atom. The number of rotatable bonds is 6. The summed E-state index contributed by atoms with van der Waals surface area (Å²) in [4.78, 5) is 29.7. The van der Waals surface area contributed by atoms with Crippen LogP contribution in [0.15, 0.2) is 23.6 Å². The predicted molar refractivity (Wildman–Crippen MR) is 107 cm³/mol. The number of hydrogen-bond donors (Lipinski definition) is 0. The van der Waals surface area contributed by atoms with Crippen molar-refractivity contribution < 1.29 is 14.3 Å². The fourth-order valence-corrected chi connectivity index (χ4v) is 4.17. The quantitative estimate of drug-likeness (QED) is 0.712. The van der Waals surface area contributed by atoms with Crippen LogP contribution in [0.3, 0.4) is 0 Å². The molecule has 2 aromatic rings. The smallest absolute Gasteiger partial charge is 0.409 e. The van der Waals surface area contributed by atoms with Gasteiger partial charge in [-0.3, -0.25) is 9.69 Å². The molecule has 1 saturated heterocycles. The van der Waals surface area contributed by atoms with Crippen molar-refractivity contribution in [3.05, 3.63) is 45.4 Å². The molecule has 3 rings (SSSR count). The van der Waals surface area contributed by atoms with Crippen molar-refractivity contribution in [2.75, 3.05) is 39.3 Å². The normalized spacial score (nSPS) is 15.1. The van der Waals surface area contributed by atoms with Crippen LogP contribution in [0.5, 0.6) is 0 Å². The molecule has 0 bridgehead atoms. The maximum absolute atomic E-state index is 12.9. The zero-order chi connectivity index (χ0) is 19.4. The molecule has 2 aromatic heterocycles. The Labute approximate surface area is 164 Å².